The molecule has 0 saturated heterocycles. The summed E-state index contributed by atoms with van der Waals surface area (Å²) in [7, 11) is 0. The van der Waals surface area contributed by atoms with Crippen molar-refractivity contribution in [3.05, 3.63) is 81.7 Å². The van der Waals surface area contributed by atoms with Crippen LogP contribution in [0.2, 0.25) is 0 Å². The van der Waals surface area contributed by atoms with E-state index in [9.17, 15) is 4.79 Å². The van der Waals surface area contributed by atoms with Crippen molar-refractivity contribution in [1.29, 1.82) is 0 Å². The van der Waals surface area contributed by atoms with Crippen molar-refractivity contribution in [3.63, 3.8) is 0 Å². The van der Waals surface area contributed by atoms with Gasteiger partial charge < -0.3 is 4.42 Å². The highest BCUT2D eigenvalue weighted by molar-refractivity contribution is 7.99. The zero-order valence-corrected chi connectivity index (χ0v) is 14.9. The van der Waals surface area contributed by atoms with Gasteiger partial charge in [0, 0.05) is 17.2 Å². The Morgan fingerprint density at radius 2 is 1.54 bits per heavy atom. The van der Waals surface area contributed by atoms with Crippen molar-refractivity contribution in [1.82, 2.24) is 0 Å². The molecule has 0 aliphatic heterocycles. The largest absolute Gasteiger partial charge is 0.423 e. The molecule has 0 amide bonds. The molecular formula is C21H22O2S. The Bertz CT molecular complexity index is 863. The molecule has 0 aliphatic carbocycles. The SMILES string of the molecule is CC(C)SCc1ccc(CCc2ccc3oc(=O)ccc3c2)cc1. The quantitative estimate of drug-likeness (QED) is 0.577. The van der Waals surface area contributed by atoms with Crippen molar-refractivity contribution in [2.24, 2.45) is 0 Å². The smallest absolute Gasteiger partial charge is 0.336 e. The van der Waals surface area contributed by atoms with Crippen molar-refractivity contribution in [2.45, 2.75) is 37.7 Å². The summed E-state index contributed by atoms with van der Waals surface area (Å²) in [6.07, 6.45) is 2.00. The Hall–Kier alpha value is -2.00. The lowest BCUT2D eigenvalue weighted by molar-refractivity contribution is 0.561. The van der Waals surface area contributed by atoms with Gasteiger partial charge >= 0.3 is 5.63 Å². The van der Waals surface area contributed by atoms with Crippen LogP contribution < -0.4 is 5.63 Å². The van der Waals surface area contributed by atoms with Gasteiger partial charge in [-0.25, -0.2) is 4.79 Å². The number of benzene rings is 2. The Morgan fingerprint density at radius 3 is 2.29 bits per heavy atom. The summed E-state index contributed by atoms with van der Waals surface area (Å²) in [5, 5.41) is 1.65. The molecule has 3 rings (SSSR count). The summed E-state index contributed by atoms with van der Waals surface area (Å²) in [4.78, 5) is 11.2. The standard InChI is InChI=1S/C21H22O2S/c1-15(2)24-14-18-7-4-16(5-8-18)3-6-17-9-11-20-19(13-17)10-12-21(22)23-20/h4-5,7-13,15H,3,6,14H2,1-2H3. The normalized spacial score (nSPS) is 11.3. The summed E-state index contributed by atoms with van der Waals surface area (Å²) < 4.78 is 5.17. The molecule has 3 aromatic rings. The van der Waals surface area contributed by atoms with Gasteiger partial charge in [0.2, 0.25) is 0 Å². The summed E-state index contributed by atoms with van der Waals surface area (Å²) in [6, 6.07) is 18.3. The molecule has 0 spiro atoms. The van der Waals surface area contributed by atoms with E-state index in [1.54, 1.807) is 0 Å². The van der Waals surface area contributed by atoms with Crippen LogP contribution in [0.4, 0.5) is 0 Å². The molecule has 124 valence electrons. The van der Waals surface area contributed by atoms with Crippen LogP contribution in [0.5, 0.6) is 0 Å². The third-order valence-electron chi connectivity index (χ3n) is 3.99. The number of hydrogen-bond acceptors (Lipinski definition) is 3. The lowest BCUT2D eigenvalue weighted by Gasteiger charge is -2.07. The van der Waals surface area contributed by atoms with E-state index in [1.165, 1.54) is 22.8 Å². The Morgan fingerprint density at radius 1 is 0.875 bits per heavy atom. The van der Waals surface area contributed by atoms with Crippen molar-refractivity contribution in [3.8, 4) is 0 Å². The van der Waals surface area contributed by atoms with Gasteiger partial charge in [-0.1, -0.05) is 44.2 Å². The number of fused-ring (bicyclic) bond motifs is 1. The predicted molar refractivity (Wildman–Crippen MR) is 103 cm³/mol. The Balaban J connectivity index is 1.63. The van der Waals surface area contributed by atoms with Crippen LogP contribution in [0.1, 0.15) is 30.5 Å². The topological polar surface area (TPSA) is 30.2 Å². The molecule has 1 heterocycles. The second-order valence-electron chi connectivity index (χ2n) is 6.30. The summed E-state index contributed by atoms with van der Waals surface area (Å²) >= 11 is 1.97. The molecule has 0 aliphatic rings. The van der Waals surface area contributed by atoms with E-state index in [0.29, 0.717) is 10.8 Å². The van der Waals surface area contributed by atoms with Gasteiger partial charge in [-0.2, -0.15) is 11.8 Å². The Kier molecular flexibility index (Phi) is 5.41. The molecule has 0 N–H and O–H groups in total. The van der Waals surface area contributed by atoms with Gasteiger partial charge in [0.1, 0.15) is 5.58 Å². The zero-order chi connectivity index (χ0) is 16.9. The van der Waals surface area contributed by atoms with E-state index >= 15 is 0 Å². The van der Waals surface area contributed by atoms with Crippen molar-refractivity contribution in [2.75, 3.05) is 0 Å². The first-order valence-electron chi connectivity index (χ1n) is 8.32. The van der Waals surface area contributed by atoms with E-state index in [1.807, 2.05) is 30.0 Å². The lowest BCUT2D eigenvalue weighted by atomic mass is 10.0. The first kappa shape index (κ1) is 16.8. The summed E-state index contributed by atoms with van der Waals surface area (Å²) in [5.74, 6) is 1.08. The second-order valence-corrected chi connectivity index (χ2v) is 7.87. The lowest BCUT2D eigenvalue weighted by Crippen LogP contribution is -1.96. The van der Waals surface area contributed by atoms with Gasteiger partial charge in [-0.3, -0.25) is 0 Å². The molecule has 0 saturated carbocycles. The van der Waals surface area contributed by atoms with Crippen LogP contribution in [0.3, 0.4) is 0 Å². The monoisotopic (exact) mass is 338 g/mol. The fourth-order valence-corrected chi connectivity index (χ4v) is 3.35. The van der Waals surface area contributed by atoms with Crippen LogP contribution in [-0.4, -0.2) is 5.25 Å². The van der Waals surface area contributed by atoms with Crippen LogP contribution in [-0.2, 0) is 18.6 Å². The first-order chi connectivity index (χ1) is 11.6. The third-order valence-corrected chi connectivity index (χ3v) is 5.16. The molecule has 0 radical (unpaired) electrons. The maximum atomic E-state index is 11.2. The number of thioether (sulfide) groups is 1. The van der Waals surface area contributed by atoms with E-state index < -0.39 is 0 Å². The number of aryl methyl sites for hydroxylation is 2. The van der Waals surface area contributed by atoms with Crippen LogP contribution in [0, 0.1) is 0 Å². The highest BCUT2D eigenvalue weighted by Gasteiger charge is 2.02. The van der Waals surface area contributed by atoms with E-state index in [-0.39, 0.29) is 5.63 Å². The van der Waals surface area contributed by atoms with Gasteiger partial charge in [0.15, 0.2) is 0 Å². The molecule has 24 heavy (non-hydrogen) atoms. The molecule has 2 aromatic carbocycles. The number of rotatable bonds is 6. The summed E-state index contributed by atoms with van der Waals surface area (Å²) in [6.45, 7) is 4.46. The minimum absolute atomic E-state index is 0.300. The molecule has 0 unspecified atom stereocenters. The molecule has 2 nitrogen and oxygen atoms in total. The van der Waals surface area contributed by atoms with Crippen molar-refractivity contribution >= 4 is 22.7 Å². The molecule has 0 bridgehead atoms. The fourth-order valence-electron chi connectivity index (χ4n) is 2.63. The molecule has 0 fully saturated rings. The Labute approximate surface area is 146 Å². The van der Waals surface area contributed by atoms with Crippen LogP contribution in [0.25, 0.3) is 11.0 Å². The molecular weight excluding hydrogens is 316 g/mol. The molecule has 1 aromatic heterocycles. The fraction of sp³-hybridized carbons (Fsp3) is 0.286. The minimum Gasteiger partial charge on any atom is -0.423 e. The van der Waals surface area contributed by atoms with Crippen molar-refractivity contribution < 1.29 is 4.42 Å². The highest BCUT2D eigenvalue weighted by Crippen LogP contribution is 2.19. The van der Waals surface area contributed by atoms with Crippen LogP contribution in [0.15, 0.2) is 63.8 Å². The maximum Gasteiger partial charge on any atom is 0.336 e. The maximum absolute atomic E-state index is 11.2. The van der Waals surface area contributed by atoms with E-state index in [4.69, 9.17) is 4.42 Å². The average molecular weight is 338 g/mol. The third kappa shape index (κ3) is 4.51. The zero-order valence-electron chi connectivity index (χ0n) is 14.1. The van der Waals surface area contributed by atoms with E-state index in [2.05, 4.69) is 44.2 Å². The minimum atomic E-state index is -0.300. The van der Waals surface area contributed by atoms with Crippen LogP contribution >= 0.6 is 11.8 Å². The second kappa shape index (κ2) is 7.71. The van der Waals surface area contributed by atoms with Gasteiger partial charge in [0.25, 0.3) is 0 Å². The van der Waals surface area contributed by atoms with E-state index in [0.717, 1.165) is 24.0 Å². The average Bonchev–Trinajstić information content (AvgIpc) is 2.59. The molecule has 0 atom stereocenters. The first-order valence-corrected chi connectivity index (χ1v) is 9.37. The summed E-state index contributed by atoms with van der Waals surface area (Å²) in [5.41, 5.74) is 4.35. The van der Waals surface area contributed by atoms with Gasteiger partial charge in [0.05, 0.1) is 0 Å². The number of hydrogen-bond donors (Lipinski definition) is 0. The predicted octanol–water partition coefficient (Wildman–Crippen LogP) is 5.22. The molecule has 3 heteroatoms. The van der Waals surface area contributed by atoms with Gasteiger partial charge in [-0.15, -0.1) is 0 Å². The highest BCUT2D eigenvalue weighted by atomic mass is 32.2. The van der Waals surface area contributed by atoms with Gasteiger partial charge in [-0.05, 0) is 53.0 Å².